The maximum Gasteiger partial charge on any atom is 0.0983 e. The summed E-state index contributed by atoms with van der Waals surface area (Å²) < 4.78 is 0. The molecule has 0 amide bonds. The monoisotopic (exact) mass is 254 g/mol. The average Bonchev–Trinajstić information content (AvgIpc) is 2.75. The minimum atomic E-state index is 0.371. The number of aromatic nitrogens is 1. The summed E-state index contributed by atoms with van der Waals surface area (Å²) in [6.45, 7) is 0. The lowest BCUT2D eigenvalue weighted by atomic mass is 10.2. The summed E-state index contributed by atoms with van der Waals surface area (Å²) in [5.41, 5.74) is 2.50. The number of hydrogen-bond acceptors (Lipinski definition) is 3. The Balaban J connectivity index is 1.79. The number of rotatable bonds is 2. The molecule has 1 aromatic carbocycles. The summed E-state index contributed by atoms with van der Waals surface area (Å²) in [6, 6.07) is 12.6. The fraction of sp³-hybridized carbons (Fsp3) is 0.133. The highest BCUT2D eigenvalue weighted by atomic mass is 32.2. The molecule has 90 valence electrons. The zero-order valence-corrected chi connectivity index (χ0v) is 11.0. The van der Waals surface area contributed by atoms with Gasteiger partial charge in [-0.05, 0) is 29.8 Å². The van der Waals surface area contributed by atoms with Gasteiger partial charge in [-0.15, -0.1) is 0 Å². The number of fused-ring (bicyclic) bond motifs is 1. The van der Waals surface area contributed by atoms with Gasteiger partial charge in [0.15, 0.2) is 0 Å². The predicted octanol–water partition coefficient (Wildman–Crippen LogP) is 3.66. The van der Waals surface area contributed by atoms with Gasteiger partial charge in [0.05, 0.1) is 11.1 Å². The lowest BCUT2D eigenvalue weighted by molar-refractivity contribution is 0.993. The Labute approximate surface area is 111 Å². The number of anilines is 1. The molecule has 3 heteroatoms. The lowest BCUT2D eigenvalue weighted by Crippen LogP contribution is -2.21. The van der Waals surface area contributed by atoms with Crippen LogP contribution in [0.4, 0.5) is 5.69 Å². The van der Waals surface area contributed by atoms with Crippen molar-refractivity contribution in [3.8, 4) is 0 Å². The molecule has 1 atom stereocenters. The highest BCUT2D eigenvalue weighted by molar-refractivity contribution is 8.00. The van der Waals surface area contributed by atoms with Gasteiger partial charge in [0.1, 0.15) is 0 Å². The molecule has 0 bridgehead atoms. The summed E-state index contributed by atoms with van der Waals surface area (Å²) in [7, 11) is 2.14. The van der Waals surface area contributed by atoms with Crippen molar-refractivity contribution in [2.24, 2.45) is 0 Å². The number of thioether (sulfide) groups is 1. The van der Waals surface area contributed by atoms with Gasteiger partial charge in [-0.25, -0.2) is 0 Å². The van der Waals surface area contributed by atoms with E-state index in [1.54, 1.807) is 0 Å². The summed E-state index contributed by atoms with van der Waals surface area (Å²) in [5.74, 6) is 0. The lowest BCUT2D eigenvalue weighted by Gasteiger charge is -2.18. The molecule has 0 aliphatic carbocycles. The van der Waals surface area contributed by atoms with Crippen LogP contribution < -0.4 is 4.90 Å². The van der Waals surface area contributed by atoms with Crippen LogP contribution in [0.5, 0.6) is 0 Å². The zero-order valence-electron chi connectivity index (χ0n) is 10.2. The zero-order chi connectivity index (χ0) is 12.4. The van der Waals surface area contributed by atoms with Crippen molar-refractivity contribution in [2.45, 2.75) is 10.3 Å². The van der Waals surface area contributed by atoms with Crippen LogP contribution in [0.15, 0.2) is 59.8 Å². The third-order valence-corrected chi connectivity index (χ3v) is 4.35. The molecule has 0 saturated carbocycles. The molecule has 0 radical (unpaired) electrons. The Hall–Kier alpha value is -1.74. The first-order valence-electron chi connectivity index (χ1n) is 5.91. The van der Waals surface area contributed by atoms with Crippen LogP contribution in [-0.2, 0) is 0 Å². The van der Waals surface area contributed by atoms with Crippen molar-refractivity contribution < 1.29 is 0 Å². The van der Waals surface area contributed by atoms with E-state index in [2.05, 4.69) is 53.3 Å². The van der Waals surface area contributed by atoms with E-state index in [1.807, 2.05) is 36.3 Å². The molecule has 0 saturated heterocycles. The van der Waals surface area contributed by atoms with E-state index < -0.39 is 0 Å². The Morgan fingerprint density at radius 1 is 1.17 bits per heavy atom. The van der Waals surface area contributed by atoms with Gasteiger partial charge < -0.3 is 4.90 Å². The first kappa shape index (κ1) is 11.4. The largest absolute Gasteiger partial charge is 0.358 e. The number of pyridine rings is 1. The SMILES string of the molecule is CN1c2ccccc2SC1/C=C/c1ccncc1. The van der Waals surface area contributed by atoms with Crippen LogP contribution in [0.3, 0.4) is 0 Å². The van der Waals surface area contributed by atoms with Crippen LogP contribution in [0.25, 0.3) is 6.08 Å². The van der Waals surface area contributed by atoms with E-state index in [0.717, 1.165) is 0 Å². The summed E-state index contributed by atoms with van der Waals surface area (Å²) in [4.78, 5) is 7.68. The van der Waals surface area contributed by atoms with Crippen molar-refractivity contribution in [3.63, 3.8) is 0 Å². The summed E-state index contributed by atoms with van der Waals surface area (Å²) in [5, 5.41) is 0.371. The topological polar surface area (TPSA) is 16.1 Å². The Bertz CT molecular complexity index is 566. The van der Waals surface area contributed by atoms with Gasteiger partial charge in [-0.3, -0.25) is 4.98 Å². The van der Waals surface area contributed by atoms with E-state index in [1.165, 1.54) is 16.1 Å². The van der Waals surface area contributed by atoms with E-state index in [-0.39, 0.29) is 0 Å². The van der Waals surface area contributed by atoms with Crippen molar-refractivity contribution in [3.05, 3.63) is 60.4 Å². The van der Waals surface area contributed by atoms with Gasteiger partial charge in [0, 0.05) is 24.3 Å². The van der Waals surface area contributed by atoms with Crippen molar-refractivity contribution in [1.29, 1.82) is 0 Å². The molecule has 2 aromatic rings. The molecule has 0 N–H and O–H groups in total. The maximum absolute atomic E-state index is 4.02. The molecule has 1 aliphatic rings. The second-order valence-corrected chi connectivity index (χ2v) is 5.39. The fourth-order valence-electron chi connectivity index (χ4n) is 2.03. The van der Waals surface area contributed by atoms with Crippen molar-refractivity contribution in [1.82, 2.24) is 4.98 Å². The molecule has 0 spiro atoms. The van der Waals surface area contributed by atoms with E-state index in [9.17, 15) is 0 Å². The highest BCUT2D eigenvalue weighted by Gasteiger charge is 2.24. The van der Waals surface area contributed by atoms with Crippen molar-refractivity contribution >= 4 is 23.5 Å². The number of benzene rings is 1. The van der Waals surface area contributed by atoms with Gasteiger partial charge in [-0.1, -0.05) is 36.0 Å². The van der Waals surface area contributed by atoms with Crippen LogP contribution in [0.1, 0.15) is 5.56 Å². The summed E-state index contributed by atoms with van der Waals surface area (Å²) in [6.07, 6.45) is 8.03. The van der Waals surface area contributed by atoms with E-state index in [0.29, 0.717) is 5.37 Å². The Morgan fingerprint density at radius 2 is 1.94 bits per heavy atom. The molecule has 18 heavy (non-hydrogen) atoms. The Kier molecular flexibility index (Phi) is 3.07. The van der Waals surface area contributed by atoms with E-state index in [4.69, 9.17) is 0 Å². The van der Waals surface area contributed by atoms with Crippen LogP contribution in [-0.4, -0.2) is 17.4 Å². The molecule has 2 nitrogen and oxygen atoms in total. The molecule has 1 aliphatic heterocycles. The van der Waals surface area contributed by atoms with Gasteiger partial charge in [0.25, 0.3) is 0 Å². The third kappa shape index (κ3) is 2.14. The molecular weight excluding hydrogens is 240 g/mol. The molecule has 3 rings (SSSR count). The van der Waals surface area contributed by atoms with Gasteiger partial charge >= 0.3 is 0 Å². The molecular formula is C15H14N2S. The number of hydrogen-bond donors (Lipinski definition) is 0. The van der Waals surface area contributed by atoms with Crippen molar-refractivity contribution in [2.75, 3.05) is 11.9 Å². The smallest absolute Gasteiger partial charge is 0.0983 e. The molecule has 1 aromatic heterocycles. The quantitative estimate of drug-likeness (QED) is 0.813. The maximum atomic E-state index is 4.02. The number of likely N-dealkylation sites (N-methyl/N-ethyl adjacent to an activating group) is 1. The fourth-order valence-corrected chi connectivity index (χ4v) is 3.21. The average molecular weight is 254 g/mol. The van der Waals surface area contributed by atoms with Gasteiger partial charge in [-0.2, -0.15) is 0 Å². The third-order valence-electron chi connectivity index (χ3n) is 3.03. The minimum Gasteiger partial charge on any atom is -0.358 e. The highest BCUT2D eigenvalue weighted by Crippen LogP contribution is 2.42. The second kappa shape index (κ2) is 4.86. The van der Waals surface area contributed by atoms with Crippen LogP contribution in [0.2, 0.25) is 0 Å². The molecule has 2 heterocycles. The summed E-state index contributed by atoms with van der Waals surface area (Å²) >= 11 is 1.89. The predicted molar refractivity (Wildman–Crippen MR) is 77.8 cm³/mol. The van der Waals surface area contributed by atoms with Crippen LogP contribution in [0, 0.1) is 0 Å². The standard InChI is InChI=1S/C15H14N2S/c1-17-13-4-2-3-5-14(13)18-15(17)7-6-12-8-10-16-11-9-12/h2-11,15H,1H3/b7-6+. The minimum absolute atomic E-state index is 0.371. The van der Waals surface area contributed by atoms with Crippen LogP contribution >= 0.6 is 11.8 Å². The normalized spacial score (nSPS) is 18.3. The number of nitrogens with zero attached hydrogens (tertiary/aromatic N) is 2. The first-order chi connectivity index (χ1) is 8.84. The van der Waals surface area contributed by atoms with E-state index >= 15 is 0 Å². The Morgan fingerprint density at radius 3 is 2.72 bits per heavy atom. The molecule has 1 unspecified atom stereocenters. The second-order valence-electron chi connectivity index (χ2n) is 4.23. The van der Waals surface area contributed by atoms with Gasteiger partial charge in [0.2, 0.25) is 0 Å². The first-order valence-corrected chi connectivity index (χ1v) is 6.79. The molecule has 0 fully saturated rings. The number of para-hydroxylation sites is 1.